The lowest BCUT2D eigenvalue weighted by atomic mass is 9.85. The molecule has 0 radical (unpaired) electrons. The standard InChI is InChI=1S/C28H32N2O5/c1-27(2,15-24(31)30-18-11-13-28(30,14-12-18)16-25(32)33)29-26(34)35-17-23-21-9-5-3-7-19(21)20-8-4-6-10-22(20)23/h3-10,18,23H,11-17H2,1-2H3,(H,29,34)(H,32,33). The maximum atomic E-state index is 13.3. The molecule has 7 heteroatoms. The van der Waals surface area contributed by atoms with E-state index in [-0.39, 0.29) is 37.3 Å². The fourth-order valence-electron chi connectivity index (χ4n) is 6.46. The highest BCUT2D eigenvalue weighted by Crippen LogP contribution is 2.49. The summed E-state index contributed by atoms with van der Waals surface area (Å²) in [5.74, 6) is -1.01. The summed E-state index contributed by atoms with van der Waals surface area (Å²) in [5, 5.41) is 12.3. The van der Waals surface area contributed by atoms with E-state index in [1.54, 1.807) is 13.8 Å². The Morgan fingerprint density at radius 3 is 2.17 bits per heavy atom. The van der Waals surface area contributed by atoms with Crippen molar-refractivity contribution in [2.45, 2.75) is 75.4 Å². The van der Waals surface area contributed by atoms with Gasteiger partial charge in [0.1, 0.15) is 6.61 Å². The van der Waals surface area contributed by atoms with Crippen molar-refractivity contribution in [1.29, 1.82) is 0 Å². The van der Waals surface area contributed by atoms with Crippen LogP contribution in [0, 0.1) is 0 Å². The number of nitrogens with one attached hydrogen (secondary N) is 1. The summed E-state index contributed by atoms with van der Waals surface area (Å²) in [4.78, 5) is 39.3. The normalized spacial score (nSPS) is 22.6. The Kier molecular flexibility index (Phi) is 5.82. The van der Waals surface area contributed by atoms with E-state index in [0.29, 0.717) is 0 Å². The molecule has 0 unspecified atom stereocenters. The van der Waals surface area contributed by atoms with Crippen molar-refractivity contribution in [3.63, 3.8) is 0 Å². The molecule has 2 saturated heterocycles. The van der Waals surface area contributed by atoms with Gasteiger partial charge in [0.2, 0.25) is 5.91 Å². The molecule has 35 heavy (non-hydrogen) atoms. The van der Waals surface area contributed by atoms with Crippen LogP contribution in [0.3, 0.4) is 0 Å². The van der Waals surface area contributed by atoms with E-state index in [1.165, 1.54) is 11.1 Å². The summed E-state index contributed by atoms with van der Waals surface area (Å²) in [6.07, 6.45) is 2.67. The highest BCUT2D eigenvalue weighted by atomic mass is 16.5. The molecule has 2 amide bonds. The molecule has 0 spiro atoms. The predicted molar refractivity (Wildman–Crippen MR) is 131 cm³/mol. The molecule has 1 aliphatic carbocycles. The SMILES string of the molecule is CC(C)(CC(=O)N1C2CCC1(CC(=O)O)CC2)NC(=O)OCC1c2ccccc2-c2ccccc21. The Morgan fingerprint density at radius 2 is 1.60 bits per heavy atom. The number of carboxylic acids is 1. The second-order valence-corrected chi connectivity index (χ2v) is 10.8. The zero-order valence-corrected chi connectivity index (χ0v) is 20.3. The van der Waals surface area contributed by atoms with Crippen molar-refractivity contribution in [2.75, 3.05) is 6.61 Å². The van der Waals surface area contributed by atoms with Gasteiger partial charge in [-0.1, -0.05) is 48.5 Å². The summed E-state index contributed by atoms with van der Waals surface area (Å²) in [7, 11) is 0. The van der Waals surface area contributed by atoms with Gasteiger partial charge in [0.25, 0.3) is 0 Å². The first-order valence-corrected chi connectivity index (χ1v) is 12.4. The fraction of sp³-hybridized carbons (Fsp3) is 0.464. The minimum atomic E-state index is -0.874. The number of carbonyl (C=O) groups excluding carboxylic acids is 2. The van der Waals surface area contributed by atoms with Gasteiger partial charge in [0, 0.05) is 23.9 Å². The van der Waals surface area contributed by atoms with Crippen LogP contribution < -0.4 is 5.32 Å². The van der Waals surface area contributed by atoms with Gasteiger partial charge < -0.3 is 20.1 Å². The van der Waals surface area contributed by atoms with E-state index in [9.17, 15) is 19.5 Å². The second-order valence-electron chi connectivity index (χ2n) is 10.8. The van der Waals surface area contributed by atoms with Crippen molar-refractivity contribution in [2.24, 2.45) is 0 Å². The largest absolute Gasteiger partial charge is 0.481 e. The van der Waals surface area contributed by atoms with Crippen LogP contribution in [0.1, 0.15) is 69.4 Å². The average Bonchev–Trinajstić information content (AvgIpc) is 3.43. The lowest BCUT2D eigenvalue weighted by molar-refractivity contribution is -0.143. The minimum absolute atomic E-state index is 0.0184. The number of rotatable bonds is 7. The van der Waals surface area contributed by atoms with E-state index in [1.807, 2.05) is 29.2 Å². The molecule has 184 valence electrons. The summed E-state index contributed by atoms with van der Waals surface area (Å²) in [5.41, 5.74) is 3.21. The molecular weight excluding hydrogens is 444 g/mol. The average molecular weight is 477 g/mol. The van der Waals surface area contributed by atoms with Crippen LogP contribution in [0.5, 0.6) is 0 Å². The Labute approximate surface area is 205 Å². The highest BCUT2D eigenvalue weighted by molar-refractivity contribution is 5.82. The van der Waals surface area contributed by atoms with Gasteiger partial charge >= 0.3 is 12.1 Å². The summed E-state index contributed by atoms with van der Waals surface area (Å²) >= 11 is 0. The number of fused-ring (bicyclic) bond motifs is 5. The summed E-state index contributed by atoms with van der Waals surface area (Å²) in [6.45, 7) is 3.81. The topological polar surface area (TPSA) is 95.9 Å². The van der Waals surface area contributed by atoms with Gasteiger partial charge in [-0.15, -0.1) is 0 Å². The molecule has 7 nitrogen and oxygen atoms in total. The third-order valence-electron chi connectivity index (χ3n) is 7.89. The molecule has 2 heterocycles. The first-order valence-electron chi connectivity index (χ1n) is 12.4. The van der Waals surface area contributed by atoms with Crippen molar-refractivity contribution >= 4 is 18.0 Å². The Bertz CT molecular complexity index is 1120. The van der Waals surface area contributed by atoms with Gasteiger partial charge in [-0.3, -0.25) is 9.59 Å². The van der Waals surface area contributed by atoms with E-state index in [2.05, 4.69) is 29.6 Å². The second kappa shape index (κ2) is 8.70. The zero-order valence-electron chi connectivity index (χ0n) is 20.3. The van der Waals surface area contributed by atoms with Crippen LogP contribution in [0.2, 0.25) is 0 Å². The molecule has 0 saturated carbocycles. The maximum absolute atomic E-state index is 13.3. The number of aliphatic carboxylic acids is 1. The van der Waals surface area contributed by atoms with Crippen molar-refractivity contribution in [3.8, 4) is 11.1 Å². The minimum Gasteiger partial charge on any atom is -0.481 e. The Hall–Kier alpha value is -3.35. The predicted octanol–water partition coefficient (Wildman–Crippen LogP) is 4.69. The van der Waals surface area contributed by atoms with Crippen LogP contribution in [-0.2, 0) is 14.3 Å². The number of hydrogen-bond donors (Lipinski definition) is 2. The number of hydrogen-bond acceptors (Lipinski definition) is 4. The smallest absolute Gasteiger partial charge is 0.407 e. The van der Waals surface area contributed by atoms with Crippen LogP contribution in [-0.4, -0.2) is 51.7 Å². The van der Waals surface area contributed by atoms with E-state index in [4.69, 9.17) is 4.74 Å². The number of ether oxygens (including phenoxy) is 1. The van der Waals surface area contributed by atoms with E-state index in [0.717, 1.165) is 36.8 Å². The first kappa shape index (κ1) is 23.4. The fourth-order valence-corrected chi connectivity index (χ4v) is 6.46. The van der Waals surface area contributed by atoms with Gasteiger partial charge in [-0.2, -0.15) is 0 Å². The first-order chi connectivity index (χ1) is 16.7. The monoisotopic (exact) mass is 476 g/mol. The molecular formula is C28H32N2O5. The van der Waals surface area contributed by atoms with Crippen molar-refractivity contribution in [3.05, 3.63) is 59.7 Å². The van der Waals surface area contributed by atoms with Crippen LogP contribution in [0.4, 0.5) is 4.79 Å². The van der Waals surface area contributed by atoms with E-state index < -0.39 is 23.1 Å². The van der Waals surface area contributed by atoms with Crippen molar-refractivity contribution in [1.82, 2.24) is 10.2 Å². The number of nitrogens with zero attached hydrogens (tertiary/aromatic N) is 1. The molecule has 0 aromatic heterocycles. The molecule has 2 aromatic rings. The number of benzene rings is 2. The van der Waals surface area contributed by atoms with Gasteiger partial charge in [-0.05, 0) is 61.8 Å². The van der Waals surface area contributed by atoms with Crippen LogP contribution in [0.15, 0.2) is 48.5 Å². The van der Waals surface area contributed by atoms with Crippen molar-refractivity contribution < 1.29 is 24.2 Å². The molecule has 2 aliphatic heterocycles. The quantitative estimate of drug-likeness (QED) is 0.604. The zero-order chi connectivity index (χ0) is 24.8. The molecule has 0 atom stereocenters. The molecule has 2 N–H and O–H groups in total. The summed E-state index contributed by atoms with van der Waals surface area (Å²) in [6, 6.07) is 16.4. The molecule has 2 aromatic carbocycles. The highest BCUT2D eigenvalue weighted by Gasteiger charge is 2.55. The van der Waals surface area contributed by atoms with E-state index >= 15 is 0 Å². The Morgan fingerprint density at radius 1 is 1.03 bits per heavy atom. The third-order valence-corrected chi connectivity index (χ3v) is 7.89. The van der Waals surface area contributed by atoms with Gasteiger partial charge in [-0.25, -0.2) is 4.79 Å². The van der Waals surface area contributed by atoms with Crippen LogP contribution in [0.25, 0.3) is 11.1 Å². The number of alkyl carbamates (subject to hydrolysis) is 1. The van der Waals surface area contributed by atoms with Gasteiger partial charge in [0.05, 0.1) is 12.0 Å². The molecule has 2 fully saturated rings. The molecule has 2 bridgehead atoms. The number of carboxylic acid groups (broad SMARTS) is 1. The molecule has 5 rings (SSSR count). The number of amides is 2. The maximum Gasteiger partial charge on any atom is 0.407 e. The number of carbonyl (C=O) groups is 3. The third kappa shape index (κ3) is 4.28. The molecule has 3 aliphatic rings. The lowest BCUT2D eigenvalue weighted by Gasteiger charge is -2.36. The van der Waals surface area contributed by atoms with Crippen LogP contribution >= 0.6 is 0 Å². The van der Waals surface area contributed by atoms with Gasteiger partial charge in [0.15, 0.2) is 0 Å². The summed E-state index contributed by atoms with van der Waals surface area (Å²) < 4.78 is 5.66. The lowest BCUT2D eigenvalue weighted by Crippen LogP contribution is -2.52. The Balaban J connectivity index is 1.21.